The Morgan fingerprint density at radius 2 is 1.89 bits per heavy atom. The number of nitrogens with zero attached hydrogens (tertiary/aromatic N) is 4. The van der Waals surface area contributed by atoms with Crippen molar-refractivity contribution >= 4 is 17.8 Å². The van der Waals surface area contributed by atoms with E-state index in [1.54, 1.807) is 11.8 Å². The molecule has 4 aromatic rings. The van der Waals surface area contributed by atoms with Gasteiger partial charge in [0, 0.05) is 36.4 Å². The standard InChI is InChI=1S/C29H33N5O2S/c1-4-36-19-9-17-30-29(35)33-20-25-21(2)31-34(23-10-6-5-7-11-23)28(25)32-18-8-12-26(32)27(33)22-13-15-24(37-3)16-14-22/h5-8,10-16,18,27H,4,9,17,19-20H2,1-3H3,(H,30,35)/t27-/m1/s1. The molecule has 8 heteroatoms. The highest BCUT2D eigenvalue weighted by Crippen LogP contribution is 2.38. The lowest BCUT2D eigenvalue weighted by Gasteiger charge is -2.31. The second-order valence-corrected chi connectivity index (χ2v) is 9.90. The van der Waals surface area contributed by atoms with E-state index in [9.17, 15) is 4.79 Å². The second-order valence-electron chi connectivity index (χ2n) is 9.02. The van der Waals surface area contributed by atoms with Crippen LogP contribution in [0.25, 0.3) is 11.5 Å². The van der Waals surface area contributed by atoms with Gasteiger partial charge in [-0.15, -0.1) is 11.8 Å². The molecule has 0 radical (unpaired) electrons. The summed E-state index contributed by atoms with van der Waals surface area (Å²) in [4.78, 5) is 16.9. The van der Waals surface area contributed by atoms with E-state index in [-0.39, 0.29) is 12.1 Å². The minimum atomic E-state index is -0.256. The summed E-state index contributed by atoms with van der Waals surface area (Å²) in [5.41, 5.74) is 5.03. The van der Waals surface area contributed by atoms with Crippen molar-refractivity contribution in [3.63, 3.8) is 0 Å². The molecule has 192 valence electrons. The van der Waals surface area contributed by atoms with E-state index in [0.29, 0.717) is 26.3 Å². The van der Waals surface area contributed by atoms with E-state index < -0.39 is 0 Å². The molecule has 1 aliphatic heterocycles. The van der Waals surface area contributed by atoms with Crippen LogP contribution in [-0.2, 0) is 11.3 Å². The normalized spacial score (nSPS) is 14.7. The summed E-state index contributed by atoms with van der Waals surface area (Å²) in [6.45, 7) is 6.32. The van der Waals surface area contributed by atoms with Gasteiger partial charge in [-0.05, 0) is 68.5 Å². The summed E-state index contributed by atoms with van der Waals surface area (Å²) in [5, 5.41) is 8.05. The van der Waals surface area contributed by atoms with Crippen LogP contribution in [0.15, 0.2) is 77.8 Å². The van der Waals surface area contributed by atoms with Crippen molar-refractivity contribution in [3.05, 3.63) is 95.4 Å². The number of amides is 2. The molecular formula is C29H33N5O2S. The van der Waals surface area contributed by atoms with Gasteiger partial charge < -0.3 is 19.5 Å². The summed E-state index contributed by atoms with van der Waals surface area (Å²) in [5.74, 6) is 0.973. The van der Waals surface area contributed by atoms with Crippen molar-refractivity contribution in [1.82, 2.24) is 24.6 Å². The maximum absolute atomic E-state index is 13.8. The Bertz CT molecular complexity index is 1350. The molecule has 37 heavy (non-hydrogen) atoms. The third-order valence-electron chi connectivity index (χ3n) is 6.73. The quantitative estimate of drug-likeness (QED) is 0.240. The second kappa shape index (κ2) is 11.3. The number of hydrogen-bond acceptors (Lipinski definition) is 4. The number of ether oxygens (including phenoxy) is 1. The Balaban J connectivity index is 1.60. The van der Waals surface area contributed by atoms with Crippen LogP contribution in [0.5, 0.6) is 0 Å². The van der Waals surface area contributed by atoms with Crippen molar-refractivity contribution in [1.29, 1.82) is 0 Å². The van der Waals surface area contributed by atoms with E-state index in [2.05, 4.69) is 64.8 Å². The average Bonchev–Trinajstić information content (AvgIpc) is 3.49. The predicted octanol–water partition coefficient (Wildman–Crippen LogP) is 5.73. The smallest absolute Gasteiger partial charge is 0.318 e. The molecule has 2 aromatic heterocycles. The van der Waals surface area contributed by atoms with Crippen molar-refractivity contribution in [2.75, 3.05) is 26.0 Å². The Kier molecular flexibility index (Phi) is 7.67. The van der Waals surface area contributed by atoms with Crippen molar-refractivity contribution in [2.24, 2.45) is 0 Å². The fourth-order valence-electron chi connectivity index (χ4n) is 4.90. The van der Waals surface area contributed by atoms with E-state index >= 15 is 0 Å². The molecule has 1 aliphatic rings. The monoisotopic (exact) mass is 515 g/mol. The van der Waals surface area contributed by atoms with Gasteiger partial charge in [-0.3, -0.25) is 0 Å². The molecule has 1 N–H and O–H groups in total. The highest BCUT2D eigenvalue weighted by atomic mass is 32.2. The predicted molar refractivity (Wildman–Crippen MR) is 148 cm³/mol. The molecule has 2 amide bonds. The van der Waals surface area contributed by atoms with Crippen LogP contribution in [0, 0.1) is 6.92 Å². The summed E-state index contributed by atoms with van der Waals surface area (Å²) in [6.07, 6.45) is 4.91. The number of urea groups is 1. The molecule has 0 bridgehead atoms. The maximum Gasteiger partial charge on any atom is 0.318 e. The van der Waals surface area contributed by atoms with Gasteiger partial charge in [-0.25, -0.2) is 9.48 Å². The molecule has 5 rings (SSSR count). The SMILES string of the molecule is CCOCCCNC(=O)N1Cc2c(C)nn(-c3ccccc3)c2-n2cccc2[C@H]1c1ccc(SC)cc1. The molecule has 0 spiro atoms. The van der Waals surface area contributed by atoms with Crippen molar-refractivity contribution in [2.45, 2.75) is 37.8 Å². The molecule has 0 unspecified atom stereocenters. The van der Waals surface area contributed by atoms with Gasteiger partial charge in [0.1, 0.15) is 5.82 Å². The largest absolute Gasteiger partial charge is 0.382 e. The molecule has 0 saturated heterocycles. The summed E-state index contributed by atoms with van der Waals surface area (Å²) >= 11 is 1.71. The first-order chi connectivity index (χ1) is 18.1. The number of aryl methyl sites for hydroxylation is 1. The van der Waals surface area contributed by atoms with Crippen LogP contribution in [0.1, 0.15) is 41.9 Å². The van der Waals surface area contributed by atoms with Gasteiger partial charge in [-0.2, -0.15) is 5.10 Å². The molecule has 0 aliphatic carbocycles. The van der Waals surface area contributed by atoms with Gasteiger partial charge in [-0.1, -0.05) is 30.3 Å². The highest BCUT2D eigenvalue weighted by molar-refractivity contribution is 7.98. The zero-order valence-electron chi connectivity index (χ0n) is 21.6. The molecule has 1 atom stereocenters. The highest BCUT2D eigenvalue weighted by Gasteiger charge is 2.35. The first-order valence-corrected chi connectivity index (χ1v) is 13.9. The van der Waals surface area contributed by atoms with Crippen LogP contribution in [0.2, 0.25) is 0 Å². The zero-order chi connectivity index (χ0) is 25.8. The van der Waals surface area contributed by atoms with Gasteiger partial charge in [0.15, 0.2) is 0 Å². The lowest BCUT2D eigenvalue weighted by molar-refractivity contribution is 0.143. The number of carbonyl (C=O) groups is 1. The zero-order valence-corrected chi connectivity index (χ0v) is 22.4. The fraction of sp³-hybridized carbons (Fsp3) is 0.310. The lowest BCUT2D eigenvalue weighted by atomic mass is 10.0. The third kappa shape index (κ3) is 5.04. The summed E-state index contributed by atoms with van der Waals surface area (Å²) < 4.78 is 9.64. The Labute approximate surface area is 222 Å². The van der Waals surface area contributed by atoms with E-state index in [4.69, 9.17) is 9.84 Å². The number of nitrogens with one attached hydrogen (secondary N) is 1. The van der Waals surface area contributed by atoms with E-state index in [0.717, 1.165) is 40.4 Å². The number of fused-ring (bicyclic) bond motifs is 3. The topological polar surface area (TPSA) is 64.3 Å². The van der Waals surface area contributed by atoms with Crippen molar-refractivity contribution in [3.8, 4) is 11.5 Å². The Morgan fingerprint density at radius 1 is 1.11 bits per heavy atom. The van der Waals surface area contributed by atoms with Crippen LogP contribution in [-0.4, -0.2) is 51.3 Å². The average molecular weight is 516 g/mol. The van der Waals surface area contributed by atoms with Crippen LogP contribution in [0.4, 0.5) is 4.79 Å². The van der Waals surface area contributed by atoms with Crippen LogP contribution < -0.4 is 5.32 Å². The number of thioether (sulfide) groups is 1. The molecule has 3 heterocycles. The minimum absolute atomic E-state index is 0.0945. The number of aromatic nitrogens is 3. The Hall–Kier alpha value is -3.49. The number of benzene rings is 2. The molecule has 7 nitrogen and oxygen atoms in total. The number of rotatable bonds is 8. The van der Waals surface area contributed by atoms with Gasteiger partial charge in [0.25, 0.3) is 0 Å². The van der Waals surface area contributed by atoms with Gasteiger partial charge in [0.2, 0.25) is 0 Å². The molecular weight excluding hydrogens is 482 g/mol. The number of carbonyl (C=O) groups excluding carboxylic acids is 1. The van der Waals surface area contributed by atoms with Gasteiger partial charge >= 0.3 is 6.03 Å². The Morgan fingerprint density at radius 3 is 2.62 bits per heavy atom. The summed E-state index contributed by atoms with van der Waals surface area (Å²) in [7, 11) is 0. The van der Waals surface area contributed by atoms with Gasteiger partial charge in [0.05, 0.1) is 29.7 Å². The maximum atomic E-state index is 13.8. The number of hydrogen-bond donors (Lipinski definition) is 1. The number of para-hydroxylation sites is 1. The molecule has 2 aromatic carbocycles. The minimum Gasteiger partial charge on any atom is -0.382 e. The first-order valence-electron chi connectivity index (χ1n) is 12.7. The third-order valence-corrected chi connectivity index (χ3v) is 7.47. The molecule has 0 fully saturated rings. The first kappa shape index (κ1) is 25.2. The van der Waals surface area contributed by atoms with Crippen molar-refractivity contribution < 1.29 is 9.53 Å². The van der Waals surface area contributed by atoms with Crippen LogP contribution >= 0.6 is 11.8 Å². The van der Waals surface area contributed by atoms with Crippen LogP contribution in [0.3, 0.4) is 0 Å². The fourth-order valence-corrected chi connectivity index (χ4v) is 5.31. The summed E-state index contributed by atoms with van der Waals surface area (Å²) in [6, 6.07) is 22.5. The molecule has 0 saturated carbocycles. The van der Waals surface area contributed by atoms with E-state index in [1.807, 2.05) is 47.7 Å². The van der Waals surface area contributed by atoms with E-state index in [1.165, 1.54) is 4.90 Å². The lowest BCUT2D eigenvalue weighted by Crippen LogP contribution is -2.42.